The molecule has 27 heavy (non-hydrogen) atoms. The maximum absolute atomic E-state index is 13.3. The Bertz CT molecular complexity index is 954. The van der Waals surface area contributed by atoms with Crippen LogP contribution in [0.2, 0.25) is 5.02 Å². The van der Waals surface area contributed by atoms with Crippen LogP contribution in [0.15, 0.2) is 53.6 Å². The van der Waals surface area contributed by atoms with Crippen molar-refractivity contribution >= 4 is 39.6 Å². The van der Waals surface area contributed by atoms with E-state index in [9.17, 15) is 4.55 Å². The van der Waals surface area contributed by atoms with Crippen molar-refractivity contribution < 1.29 is 9.29 Å². The first kappa shape index (κ1) is 18.5. The monoisotopic (exact) mass is 403 g/mol. The smallest absolute Gasteiger partial charge is 0.182 e. The molecule has 0 bridgehead atoms. The van der Waals surface area contributed by atoms with Gasteiger partial charge in [0.1, 0.15) is 17.1 Å². The molecular formula is C20H22ClN3O2S. The third-order valence-electron chi connectivity index (χ3n) is 4.99. The zero-order valence-corrected chi connectivity index (χ0v) is 17.0. The lowest BCUT2D eigenvalue weighted by molar-refractivity contribution is 0.311. The number of rotatable bonds is 4. The van der Waals surface area contributed by atoms with Gasteiger partial charge in [-0.25, -0.2) is 0 Å². The SMILES string of the molecule is COc1ccc([S+]([O-])n2ccc3ccc(Cl)cc32)cc1N1CCN(C)CC1. The molecule has 1 aromatic heterocycles. The molecule has 1 fully saturated rings. The normalized spacial score (nSPS) is 16.7. The van der Waals surface area contributed by atoms with Crippen LogP contribution in [0, 0.1) is 0 Å². The van der Waals surface area contributed by atoms with Gasteiger partial charge in [0.05, 0.1) is 24.5 Å². The molecule has 142 valence electrons. The predicted molar refractivity (Wildman–Crippen MR) is 111 cm³/mol. The summed E-state index contributed by atoms with van der Waals surface area (Å²) in [4.78, 5) is 5.34. The van der Waals surface area contributed by atoms with Crippen LogP contribution in [0.1, 0.15) is 0 Å². The zero-order valence-electron chi connectivity index (χ0n) is 15.4. The number of anilines is 1. The molecule has 7 heteroatoms. The Balaban J connectivity index is 1.70. The van der Waals surface area contributed by atoms with Crippen LogP contribution >= 0.6 is 11.6 Å². The molecule has 0 radical (unpaired) electrons. The molecule has 5 nitrogen and oxygen atoms in total. The van der Waals surface area contributed by atoms with E-state index in [0.29, 0.717) is 5.02 Å². The second kappa shape index (κ2) is 7.64. The van der Waals surface area contributed by atoms with Gasteiger partial charge in [0.15, 0.2) is 4.90 Å². The molecule has 3 aromatic rings. The highest BCUT2D eigenvalue weighted by Gasteiger charge is 2.23. The van der Waals surface area contributed by atoms with Crippen molar-refractivity contribution in [1.29, 1.82) is 0 Å². The summed E-state index contributed by atoms with van der Waals surface area (Å²) in [6, 6.07) is 13.3. The van der Waals surface area contributed by atoms with Crippen molar-refractivity contribution in [3.05, 3.63) is 53.7 Å². The van der Waals surface area contributed by atoms with Gasteiger partial charge in [-0.15, -0.1) is 0 Å². The molecule has 1 unspecified atom stereocenters. The lowest BCUT2D eigenvalue weighted by atomic mass is 10.2. The van der Waals surface area contributed by atoms with Crippen molar-refractivity contribution in [2.24, 2.45) is 0 Å². The zero-order chi connectivity index (χ0) is 19.0. The highest BCUT2D eigenvalue weighted by molar-refractivity contribution is 7.90. The fraction of sp³-hybridized carbons (Fsp3) is 0.300. The molecule has 1 aliphatic heterocycles. The summed E-state index contributed by atoms with van der Waals surface area (Å²) < 4.78 is 20.6. The molecule has 4 rings (SSSR count). The first-order valence-electron chi connectivity index (χ1n) is 8.87. The maximum Gasteiger partial charge on any atom is 0.182 e. The molecule has 1 aliphatic rings. The first-order valence-corrected chi connectivity index (χ1v) is 10.4. The van der Waals surface area contributed by atoms with E-state index in [-0.39, 0.29) is 0 Å². The molecule has 0 saturated carbocycles. The van der Waals surface area contributed by atoms with Gasteiger partial charge in [0.2, 0.25) is 0 Å². The summed E-state index contributed by atoms with van der Waals surface area (Å²) >= 11 is 4.77. The van der Waals surface area contributed by atoms with E-state index < -0.39 is 11.4 Å². The number of aromatic nitrogens is 1. The number of hydrogen-bond acceptors (Lipinski definition) is 4. The Morgan fingerprint density at radius 1 is 1.04 bits per heavy atom. The van der Waals surface area contributed by atoms with E-state index in [2.05, 4.69) is 16.8 Å². The van der Waals surface area contributed by atoms with Crippen molar-refractivity contribution in [2.75, 3.05) is 45.2 Å². The van der Waals surface area contributed by atoms with Gasteiger partial charge in [-0.05, 0) is 37.4 Å². The van der Waals surface area contributed by atoms with Crippen molar-refractivity contribution in [3.63, 3.8) is 0 Å². The molecule has 1 atom stereocenters. The highest BCUT2D eigenvalue weighted by atomic mass is 35.5. The average molecular weight is 404 g/mol. The van der Waals surface area contributed by atoms with Crippen LogP contribution in [0.5, 0.6) is 5.75 Å². The Labute approximate surface area is 167 Å². The molecule has 0 amide bonds. The minimum atomic E-state index is -1.37. The van der Waals surface area contributed by atoms with E-state index in [1.807, 2.05) is 48.7 Å². The van der Waals surface area contributed by atoms with Gasteiger partial charge in [-0.3, -0.25) is 0 Å². The van der Waals surface area contributed by atoms with Crippen LogP contribution in [-0.2, 0) is 11.4 Å². The number of likely N-dealkylation sites (N-methyl/N-ethyl adjacent to an activating group) is 1. The predicted octanol–water partition coefficient (Wildman–Crippen LogP) is 3.63. The van der Waals surface area contributed by atoms with Gasteiger partial charge in [-0.2, -0.15) is 3.97 Å². The standard InChI is InChI=1S/C20H22ClN3O2S/c1-22-9-11-23(12-10-22)19-14-17(5-6-20(19)26-2)27(25)24-8-7-15-3-4-16(21)13-18(15)24/h3-8,13-14H,9-12H2,1-2H3. The molecule has 0 spiro atoms. The first-order chi connectivity index (χ1) is 13.1. The summed E-state index contributed by atoms with van der Waals surface area (Å²) in [6.45, 7) is 3.84. The van der Waals surface area contributed by atoms with Gasteiger partial charge in [0.25, 0.3) is 0 Å². The van der Waals surface area contributed by atoms with Crippen LogP contribution in [0.25, 0.3) is 10.9 Å². The number of ether oxygens (including phenoxy) is 1. The van der Waals surface area contributed by atoms with Crippen molar-refractivity contribution in [1.82, 2.24) is 8.87 Å². The second-order valence-electron chi connectivity index (χ2n) is 6.72. The van der Waals surface area contributed by atoms with Gasteiger partial charge < -0.3 is 19.1 Å². The summed E-state index contributed by atoms with van der Waals surface area (Å²) in [5.41, 5.74) is 1.85. The number of benzene rings is 2. The van der Waals surface area contributed by atoms with Crippen LogP contribution in [0.4, 0.5) is 5.69 Å². The summed E-state index contributed by atoms with van der Waals surface area (Å²) in [6.07, 6.45) is 1.84. The number of methoxy groups -OCH3 is 1. The van der Waals surface area contributed by atoms with Crippen LogP contribution < -0.4 is 9.64 Å². The second-order valence-corrected chi connectivity index (χ2v) is 8.52. The molecule has 2 aromatic carbocycles. The third kappa shape index (κ3) is 3.62. The van der Waals surface area contributed by atoms with Gasteiger partial charge >= 0.3 is 0 Å². The third-order valence-corrected chi connectivity index (χ3v) is 6.56. The summed E-state index contributed by atoms with van der Waals surface area (Å²) in [5.74, 6) is 0.806. The Kier molecular flexibility index (Phi) is 5.23. The van der Waals surface area contributed by atoms with E-state index in [4.69, 9.17) is 16.3 Å². The van der Waals surface area contributed by atoms with E-state index in [0.717, 1.165) is 53.4 Å². The van der Waals surface area contributed by atoms with Gasteiger partial charge in [-0.1, -0.05) is 17.7 Å². The molecule has 0 aliphatic carbocycles. The fourth-order valence-electron chi connectivity index (χ4n) is 3.41. The molecule has 2 heterocycles. The average Bonchev–Trinajstić information content (AvgIpc) is 3.10. The maximum atomic E-state index is 13.3. The summed E-state index contributed by atoms with van der Waals surface area (Å²) in [5, 5.41) is 1.65. The largest absolute Gasteiger partial charge is 0.587 e. The Morgan fingerprint density at radius 2 is 1.81 bits per heavy atom. The number of halogens is 1. The minimum absolute atomic E-state index is 0.632. The Morgan fingerprint density at radius 3 is 2.56 bits per heavy atom. The molecule has 1 saturated heterocycles. The fourth-order valence-corrected chi connectivity index (χ4v) is 4.71. The highest BCUT2D eigenvalue weighted by Crippen LogP contribution is 2.33. The quantitative estimate of drug-likeness (QED) is 0.624. The van der Waals surface area contributed by atoms with E-state index >= 15 is 0 Å². The topological polar surface area (TPSA) is 43.7 Å². The van der Waals surface area contributed by atoms with E-state index in [1.54, 1.807) is 11.1 Å². The number of fused-ring (bicyclic) bond motifs is 1. The number of piperazine rings is 1. The lowest BCUT2D eigenvalue weighted by Crippen LogP contribution is -2.44. The van der Waals surface area contributed by atoms with Crippen molar-refractivity contribution in [2.45, 2.75) is 4.90 Å². The van der Waals surface area contributed by atoms with Crippen LogP contribution in [-0.4, -0.2) is 53.8 Å². The number of nitrogens with zero attached hydrogens (tertiary/aromatic N) is 3. The minimum Gasteiger partial charge on any atom is -0.587 e. The van der Waals surface area contributed by atoms with Crippen molar-refractivity contribution in [3.8, 4) is 5.75 Å². The summed E-state index contributed by atoms with van der Waals surface area (Å²) in [7, 11) is 3.80. The van der Waals surface area contributed by atoms with Gasteiger partial charge in [0, 0.05) is 42.7 Å². The molecular weight excluding hydrogens is 382 g/mol. The Hall–Kier alpha value is -1.86. The van der Waals surface area contributed by atoms with Crippen LogP contribution in [0.3, 0.4) is 0 Å². The molecule has 0 N–H and O–H groups in total. The number of hydrogen-bond donors (Lipinski definition) is 0. The van der Waals surface area contributed by atoms with E-state index in [1.165, 1.54) is 0 Å². The lowest BCUT2D eigenvalue weighted by Gasteiger charge is -2.34.